The van der Waals surface area contributed by atoms with Gasteiger partial charge in [-0.2, -0.15) is 0 Å². The Morgan fingerprint density at radius 1 is 1.18 bits per heavy atom. The molecule has 1 amide bonds. The van der Waals surface area contributed by atoms with Gasteiger partial charge in [0.2, 0.25) is 15.9 Å². The quantitative estimate of drug-likeness (QED) is 0.764. The maximum Gasteiger partial charge on any atom is 0.308 e. The first-order valence-electron chi connectivity index (χ1n) is 7.87. The van der Waals surface area contributed by atoms with Crippen molar-refractivity contribution < 1.29 is 23.1 Å². The fourth-order valence-corrected chi connectivity index (χ4v) is 5.15. The zero-order valence-electron chi connectivity index (χ0n) is 12.5. The van der Waals surface area contributed by atoms with Crippen LogP contribution >= 0.6 is 0 Å². The number of amides is 1. The lowest BCUT2D eigenvalue weighted by Gasteiger charge is -2.19. The minimum absolute atomic E-state index is 0.0666. The van der Waals surface area contributed by atoms with Gasteiger partial charge in [-0.1, -0.05) is 0 Å². The van der Waals surface area contributed by atoms with E-state index >= 15 is 0 Å². The highest BCUT2D eigenvalue weighted by atomic mass is 32.2. The van der Waals surface area contributed by atoms with Crippen LogP contribution in [-0.2, 0) is 19.6 Å². The second-order valence-electron chi connectivity index (χ2n) is 6.56. The predicted octanol–water partition coefficient (Wildman–Crippen LogP) is -0.0188. The monoisotopic (exact) mass is 330 g/mol. The van der Waals surface area contributed by atoms with Gasteiger partial charge in [-0.25, -0.2) is 12.7 Å². The molecule has 2 heterocycles. The van der Waals surface area contributed by atoms with Crippen LogP contribution in [0.3, 0.4) is 0 Å². The molecule has 0 aromatic heterocycles. The van der Waals surface area contributed by atoms with Gasteiger partial charge in [-0.3, -0.25) is 9.59 Å². The third-order valence-electron chi connectivity index (χ3n) is 5.04. The Hall–Kier alpha value is -1.15. The number of hydrogen-bond donors (Lipinski definition) is 1. The molecule has 2 atom stereocenters. The molecule has 1 saturated carbocycles. The van der Waals surface area contributed by atoms with E-state index in [1.165, 1.54) is 4.31 Å². The summed E-state index contributed by atoms with van der Waals surface area (Å²) in [6.07, 6.45) is 2.87. The number of sulfonamides is 1. The maximum absolute atomic E-state index is 12.3. The van der Waals surface area contributed by atoms with Crippen molar-refractivity contribution in [3.63, 3.8) is 0 Å². The number of nitrogens with zero attached hydrogens (tertiary/aromatic N) is 2. The van der Waals surface area contributed by atoms with E-state index in [4.69, 9.17) is 0 Å². The number of hydrogen-bond acceptors (Lipinski definition) is 4. The lowest BCUT2D eigenvalue weighted by Crippen LogP contribution is -2.34. The number of aliphatic carboxylic acids is 1. The van der Waals surface area contributed by atoms with Crippen LogP contribution in [0.4, 0.5) is 0 Å². The fraction of sp³-hybridized carbons (Fsp3) is 0.857. The minimum atomic E-state index is -3.18. The summed E-state index contributed by atoms with van der Waals surface area (Å²) in [4.78, 5) is 25.2. The summed E-state index contributed by atoms with van der Waals surface area (Å²) in [5.74, 6) is -0.747. The SMILES string of the molecule is O=C(O)[C@H]1CN(C(=O)CCN2CCCS2(=O)=O)C[C@@H]1C1CC1. The third kappa shape index (κ3) is 3.12. The second-order valence-corrected chi connectivity index (χ2v) is 8.65. The lowest BCUT2D eigenvalue weighted by molar-refractivity contribution is -0.142. The molecule has 2 saturated heterocycles. The zero-order chi connectivity index (χ0) is 15.9. The van der Waals surface area contributed by atoms with Crippen LogP contribution in [0, 0.1) is 17.8 Å². The Labute approximate surface area is 130 Å². The fourth-order valence-electron chi connectivity index (χ4n) is 3.62. The van der Waals surface area contributed by atoms with E-state index in [1.807, 2.05) is 0 Å². The Balaban J connectivity index is 1.55. The van der Waals surface area contributed by atoms with Crippen molar-refractivity contribution in [2.75, 3.05) is 31.9 Å². The molecule has 22 heavy (non-hydrogen) atoms. The van der Waals surface area contributed by atoms with Crippen LogP contribution in [0.25, 0.3) is 0 Å². The molecule has 0 aromatic carbocycles. The van der Waals surface area contributed by atoms with Gasteiger partial charge >= 0.3 is 5.97 Å². The van der Waals surface area contributed by atoms with Gasteiger partial charge in [0, 0.05) is 32.6 Å². The average Bonchev–Trinajstić information content (AvgIpc) is 3.09. The van der Waals surface area contributed by atoms with Crippen molar-refractivity contribution in [2.24, 2.45) is 17.8 Å². The van der Waals surface area contributed by atoms with E-state index < -0.39 is 21.9 Å². The first kappa shape index (κ1) is 15.7. The highest BCUT2D eigenvalue weighted by Crippen LogP contribution is 2.44. The van der Waals surface area contributed by atoms with Crippen LogP contribution in [0.5, 0.6) is 0 Å². The number of carbonyl (C=O) groups is 2. The number of likely N-dealkylation sites (tertiary alicyclic amines) is 1. The summed E-state index contributed by atoms with van der Waals surface area (Å²) in [5, 5.41) is 9.31. The molecule has 8 heteroatoms. The average molecular weight is 330 g/mol. The molecule has 124 valence electrons. The molecular weight excluding hydrogens is 308 g/mol. The standard InChI is InChI=1S/C14H22N2O5S/c17-13(4-6-16-5-1-7-22(16,20)21)15-8-11(10-2-3-10)12(9-15)14(18)19/h10-12H,1-9H2,(H,18,19)/t11-,12+/m1/s1. The first-order chi connectivity index (χ1) is 10.4. The Morgan fingerprint density at radius 3 is 2.45 bits per heavy atom. The minimum Gasteiger partial charge on any atom is -0.481 e. The van der Waals surface area contributed by atoms with E-state index in [0.717, 1.165) is 12.8 Å². The molecule has 1 N–H and O–H groups in total. The summed E-state index contributed by atoms with van der Waals surface area (Å²) in [6.45, 7) is 1.47. The highest BCUT2D eigenvalue weighted by Gasteiger charge is 2.46. The van der Waals surface area contributed by atoms with Gasteiger partial charge in [-0.15, -0.1) is 0 Å². The molecule has 0 bridgehead atoms. The summed E-state index contributed by atoms with van der Waals surface area (Å²) in [7, 11) is -3.18. The van der Waals surface area contributed by atoms with Crippen LogP contribution in [0.1, 0.15) is 25.7 Å². The van der Waals surface area contributed by atoms with E-state index in [-0.39, 0.29) is 37.1 Å². The summed E-state index contributed by atoms with van der Waals surface area (Å²) in [6, 6.07) is 0. The van der Waals surface area contributed by atoms with E-state index in [0.29, 0.717) is 25.4 Å². The molecule has 1 aliphatic carbocycles. The van der Waals surface area contributed by atoms with Gasteiger partial charge in [0.25, 0.3) is 0 Å². The second kappa shape index (κ2) is 5.81. The Bertz CT molecular complexity index is 572. The largest absolute Gasteiger partial charge is 0.481 e. The van der Waals surface area contributed by atoms with Gasteiger partial charge in [0.1, 0.15) is 0 Å². The molecule has 7 nitrogen and oxygen atoms in total. The third-order valence-corrected chi connectivity index (χ3v) is 7.00. The van der Waals surface area contributed by atoms with Crippen molar-refractivity contribution >= 4 is 21.9 Å². The molecule has 2 aliphatic heterocycles. The molecule has 3 fully saturated rings. The maximum atomic E-state index is 12.3. The topological polar surface area (TPSA) is 95.0 Å². The number of carboxylic acid groups (broad SMARTS) is 1. The molecular formula is C14H22N2O5S. The van der Waals surface area contributed by atoms with Crippen molar-refractivity contribution in [3.8, 4) is 0 Å². The number of carboxylic acids is 1. The molecule has 0 aromatic rings. The van der Waals surface area contributed by atoms with Gasteiger partial charge in [-0.05, 0) is 31.1 Å². The molecule has 3 rings (SSSR count). The molecule has 0 unspecified atom stereocenters. The predicted molar refractivity (Wildman–Crippen MR) is 78.5 cm³/mol. The highest BCUT2D eigenvalue weighted by molar-refractivity contribution is 7.89. The number of carbonyl (C=O) groups excluding carboxylic acids is 1. The molecule has 0 radical (unpaired) electrons. The van der Waals surface area contributed by atoms with Crippen LogP contribution in [-0.4, -0.2) is 66.5 Å². The lowest BCUT2D eigenvalue weighted by atomic mass is 9.92. The Kier molecular flexibility index (Phi) is 4.15. The normalized spacial score (nSPS) is 31.5. The molecule has 3 aliphatic rings. The van der Waals surface area contributed by atoms with Gasteiger partial charge < -0.3 is 10.0 Å². The van der Waals surface area contributed by atoms with Crippen LogP contribution in [0.2, 0.25) is 0 Å². The van der Waals surface area contributed by atoms with Gasteiger partial charge in [0.15, 0.2) is 0 Å². The van der Waals surface area contributed by atoms with Crippen molar-refractivity contribution in [3.05, 3.63) is 0 Å². The number of rotatable bonds is 5. The van der Waals surface area contributed by atoms with E-state index in [2.05, 4.69) is 0 Å². The summed E-state index contributed by atoms with van der Waals surface area (Å²) < 4.78 is 24.8. The van der Waals surface area contributed by atoms with E-state index in [9.17, 15) is 23.1 Å². The molecule has 0 spiro atoms. The van der Waals surface area contributed by atoms with Gasteiger partial charge in [0.05, 0.1) is 11.7 Å². The summed E-state index contributed by atoms with van der Waals surface area (Å²) in [5.41, 5.74) is 0. The van der Waals surface area contributed by atoms with Crippen LogP contribution < -0.4 is 0 Å². The van der Waals surface area contributed by atoms with Crippen molar-refractivity contribution in [1.82, 2.24) is 9.21 Å². The Morgan fingerprint density at radius 2 is 1.91 bits per heavy atom. The summed E-state index contributed by atoms with van der Waals surface area (Å²) >= 11 is 0. The first-order valence-corrected chi connectivity index (χ1v) is 9.48. The van der Waals surface area contributed by atoms with Crippen LogP contribution in [0.15, 0.2) is 0 Å². The zero-order valence-corrected chi connectivity index (χ0v) is 13.3. The van der Waals surface area contributed by atoms with Crippen molar-refractivity contribution in [2.45, 2.75) is 25.7 Å². The van der Waals surface area contributed by atoms with E-state index in [1.54, 1.807) is 4.90 Å². The van der Waals surface area contributed by atoms with Crippen molar-refractivity contribution in [1.29, 1.82) is 0 Å². The smallest absolute Gasteiger partial charge is 0.308 e.